The van der Waals surface area contributed by atoms with Crippen molar-refractivity contribution in [2.24, 2.45) is 0 Å². The lowest BCUT2D eigenvalue weighted by Crippen LogP contribution is -2.33. The summed E-state index contributed by atoms with van der Waals surface area (Å²) in [7, 11) is 0. The first-order valence-electron chi connectivity index (χ1n) is 5.56. The van der Waals surface area contributed by atoms with Crippen molar-refractivity contribution >= 4 is 17.6 Å². The lowest BCUT2D eigenvalue weighted by atomic mass is 10.0. The summed E-state index contributed by atoms with van der Waals surface area (Å²) in [5.74, 6) is 4.22. The molecule has 0 saturated carbocycles. The minimum Gasteiger partial charge on any atom is -0.355 e. The average molecular weight is 222 g/mol. The first-order chi connectivity index (χ1) is 7.29. The molecule has 0 bridgehead atoms. The van der Waals surface area contributed by atoms with E-state index in [1.54, 1.807) is 0 Å². The molecular weight excluding hydrogens is 204 g/mol. The van der Waals surface area contributed by atoms with Crippen LogP contribution < -0.4 is 4.90 Å². The molecule has 1 aromatic rings. The first kappa shape index (κ1) is 10.8. The fourth-order valence-corrected chi connectivity index (χ4v) is 2.80. The largest absolute Gasteiger partial charge is 0.355 e. The molecule has 82 valence electrons. The van der Waals surface area contributed by atoms with Crippen molar-refractivity contribution in [1.82, 2.24) is 4.98 Å². The fourth-order valence-electron chi connectivity index (χ4n) is 1.90. The molecule has 1 fully saturated rings. The molecule has 2 heterocycles. The number of rotatable bonds is 2. The predicted molar refractivity (Wildman–Crippen MR) is 67.9 cm³/mol. The van der Waals surface area contributed by atoms with Crippen molar-refractivity contribution in [1.29, 1.82) is 0 Å². The van der Waals surface area contributed by atoms with Crippen LogP contribution in [0.3, 0.4) is 0 Å². The second-order valence-corrected chi connectivity index (χ2v) is 5.40. The van der Waals surface area contributed by atoms with E-state index < -0.39 is 0 Å². The molecule has 0 amide bonds. The highest BCUT2D eigenvalue weighted by atomic mass is 32.2. The van der Waals surface area contributed by atoms with Crippen LogP contribution in [0.25, 0.3) is 0 Å². The van der Waals surface area contributed by atoms with Crippen LogP contribution in [-0.4, -0.2) is 29.6 Å². The second kappa shape index (κ2) is 4.88. The van der Waals surface area contributed by atoms with Gasteiger partial charge in [-0.3, -0.25) is 0 Å². The summed E-state index contributed by atoms with van der Waals surface area (Å²) < 4.78 is 0. The van der Waals surface area contributed by atoms with E-state index in [9.17, 15) is 0 Å². The summed E-state index contributed by atoms with van der Waals surface area (Å²) >= 11 is 2.04. The molecule has 1 aliphatic heterocycles. The molecule has 0 radical (unpaired) electrons. The molecule has 1 saturated heterocycles. The molecule has 1 aliphatic rings. The van der Waals surface area contributed by atoms with Crippen molar-refractivity contribution in [3.8, 4) is 0 Å². The molecule has 2 rings (SSSR count). The second-order valence-electron chi connectivity index (χ2n) is 4.17. The highest BCUT2D eigenvalue weighted by Gasteiger charge is 2.16. The van der Waals surface area contributed by atoms with E-state index in [0.717, 1.165) is 13.1 Å². The molecule has 15 heavy (non-hydrogen) atoms. The van der Waals surface area contributed by atoms with Gasteiger partial charge in [0.05, 0.1) is 0 Å². The Morgan fingerprint density at radius 2 is 2.07 bits per heavy atom. The third-order valence-electron chi connectivity index (χ3n) is 2.75. The van der Waals surface area contributed by atoms with Gasteiger partial charge in [-0.1, -0.05) is 19.9 Å². The minimum atomic E-state index is 0.559. The lowest BCUT2D eigenvalue weighted by molar-refractivity contribution is 0.794. The molecule has 2 nitrogen and oxygen atoms in total. The van der Waals surface area contributed by atoms with E-state index in [0.29, 0.717) is 5.92 Å². The van der Waals surface area contributed by atoms with Crippen LogP contribution in [0.5, 0.6) is 0 Å². The molecule has 1 aromatic heterocycles. The third kappa shape index (κ3) is 2.46. The Labute approximate surface area is 96.1 Å². The van der Waals surface area contributed by atoms with Crippen LogP contribution in [0.1, 0.15) is 25.3 Å². The maximum absolute atomic E-state index is 4.54. The predicted octanol–water partition coefficient (Wildman–Crippen LogP) is 2.76. The summed E-state index contributed by atoms with van der Waals surface area (Å²) in [5.41, 5.74) is 1.38. The molecule has 0 aromatic carbocycles. The first-order valence-corrected chi connectivity index (χ1v) is 6.72. The van der Waals surface area contributed by atoms with Crippen LogP contribution >= 0.6 is 11.8 Å². The van der Waals surface area contributed by atoms with Crippen molar-refractivity contribution in [2.45, 2.75) is 19.8 Å². The van der Waals surface area contributed by atoms with Gasteiger partial charge in [-0.05, 0) is 17.5 Å². The van der Waals surface area contributed by atoms with Crippen LogP contribution in [-0.2, 0) is 0 Å². The maximum Gasteiger partial charge on any atom is 0.132 e. The zero-order valence-corrected chi connectivity index (χ0v) is 10.3. The number of nitrogens with zero attached hydrogens (tertiary/aromatic N) is 2. The molecule has 0 spiro atoms. The Hall–Kier alpha value is -0.700. The lowest BCUT2D eigenvalue weighted by Gasteiger charge is -2.29. The number of hydrogen-bond acceptors (Lipinski definition) is 3. The van der Waals surface area contributed by atoms with Gasteiger partial charge in [0.1, 0.15) is 5.82 Å². The third-order valence-corrected chi connectivity index (χ3v) is 3.69. The van der Waals surface area contributed by atoms with E-state index >= 15 is 0 Å². The van der Waals surface area contributed by atoms with E-state index in [1.807, 2.05) is 24.0 Å². The quantitative estimate of drug-likeness (QED) is 0.765. The summed E-state index contributed by atoms with van der Waals surface area (Å²) in [6.45, 7) is 6.75. The van der Waals surface area contributed by atoms with Gasteiger partial charge in [0.25, 0.3) is 0 Å². The average Bonchev–Trinajstić information content (AvgIpc) is 2.30. The normalized spacial score (nSPS) is 17.1. The van der Waals surface area contributed by atoms with E-state index in [1.165, 1.54) is 22.9 Å². The highest BCUT2D eigenvalue weighted by Crippen LogP contribution is 2.26. The molecule has 0 atom stereocenters. The van der Waals surface area contributed by atoms with Crippen LogP contribution in [0.4, 0.5) is 5.82 Å². The van der Waals surface area contributed by atoms with Gasteiger partial charge in [-0.2, -0.15) is 11.8 Å². The highest BCUT2D eigenvalue weighted by molar-refractivity contribution is 7.99. The SMILES string of the molecule is CC(C)c1cccnc1N1CCSCC1. The zero-order valence-electron chi connectivity index (χ0n) is 9.44. The van der Waals surface area contributed by atoms with E-state index in [2.05, 4.69) is 29.8 Å². The Bertz CT molecular complexity index is 319. The van der Waals surface area contributed by atoms with Gasteiger partial charge < -0.3 is 4.90 Å². The van der Waals surface area contributed by atoms with E-state index in [-0.39, 0.29) is 0 Å². The number of pyridine rings is 1. The topological polar surface area (TPSA) is 16.1 Å². The summed E-state index contributed by atoms with van der Waals surface area (Å²) in [4.78, 5) is 6.96. The van der Waals surface area contributed by atoms with Crippen LogP contribution in [0, 0.1) is 0 Å². The maximum atomic E-state index is 4.54. The van der Waals surface area contributed by atoms with Crippen molar-refractivity contribution < 1.29 is 0 Å². The Kier molecular flexibility index (Phi) is 3.52. The summed E-state index contributed by atoms with van der Waals surface area (Å²) in [5, 5.41) is 0. The number of aromatic nitrogens is 1. The van der Waals surface area contributed by atoms with Gasteiger partial charge in [0.15, 0.2) is 0 Å². The van der Waals surface area contributed by atoms with Crippen molar-refractivity contribution in [3.63, 3.8) is 0 Å². The van der Waals surface area contributed by atoms with Crippen LogP contribution in [0.15, 0.2) is 18.3 Å². The Balaban J connectivity index is 2.25. The smallest absolute Gasteiger partial charge is 0.132 e. The molecule has 0 unspecified atom stereocenters. The van der Waals surface area contributed by atoms with Crippen molar-refractivity contribution in [2.75, 3.05) is 29.5 Å². The van der Waals surface area contributed by atoms with Gasteiger partial charge in [0.2, 0.25) is 0 Å². The number of thioether (sulfide) groups is 1. The van der Waals surface area contributed by atoms with E-state index in [4.69, 9.17) is 0 Å². The zero-order chi connectivity index (χ0) is 10.7. The van der Waals surface area contributed by atoms with Crippen LogP contribution in [0.2, 0.25) is 0 Å². The molecule has 0 N–H and O–H groups in total. The fraction of sp³-hybridized carbons (Fsp3) is 0.583. The van der Waals surface area contributed by atoms with Gasteiger partial charge in [-0.15, -0.1) is 0 Å². The molecule has 0 aliphatic carbocycles. The summed E-state index contributed by atoms with van der Waals surface area (Å²) in [6.07, 6.45) is 1.91. The standard InChI is InChI=1S/C12H18N2S/c1-10(2)11-4-3-5-13-12(11)14-6-8-15-9-7-14/h3-5,10H,6-9H2,1-2H3. The monoisotopic (exact) mass is 222 g/mol. The van der Waals surface area contributed by atoms with Gasteiger partial charge in [0, 0.05) is 30.8 Å². The summed E-state index contributed by atoms with van der Waals surface area (Å²) in [6, 6.07) is 4.24. The van der Waals surface area contributed by atoms with Gasteiger partial charge in [-0.25, -0.2) is 4.98 Å². The number of hydrogen-bond donors (Lipinski definition) is 0. The Morgan fingerprint density at radius 1 is 1.33 bits per heavy atom. The molecular formula is C12H18N2S. The Morgan fingerprint density at radius 3 is 2.73 bits per heavy atom. The minimum absolute atomic E-state index is 0.559. The number of anilines is 1. The van der Waals surface area contributed by atoms with Crippen molar-refractivity contribution in [3.05, 3.63) is 23.9 Å². The molecule has 3 heteroatoms. The van der Waals surface area contributed by atoms with Gasteiger partial charge >= 0.3 is 0 Å².